The third-order valence-electron chi connectivity index (χ3n) is 5.86. The van der Waals surface area contributed by atoms with Crippen molar-refractivity contribution in [1.82, 2.24) is 9.88 Å². The molecule has 4 heteroatoms. The van der Waals surface area contributed by atoms with Gasteiger partial charge in [-0.1, -0.05) is 32.1 Å². The fourth-order valence-electron chi connectivity index (χ4n) is 4.17. The van der Waals surface area contributed by atoms with Gasteiger partial charge in [0.2, 0.25) is 5.91 Å². The predicted octanol–water partition coefficient (Wildman–Crippen LogP) is 4.69. The van der Waals surface area contributed by atoms with Gasteiger partial charge in [-0.05, 0) is 54.8 Å². The monoisotopic (exact) mass is 362 g/mol. The molecule has 140 valence electrons. The zero-order valence-electron chi connectivity index (χ0n) is 16.4. The molecule has 1 atom stereocenters. The van der Waals surface area contributed by atoms with Crippen LogP contribution >= 0.6 is 0 Å². The Labute approximate surface area is 160 Å². The van der Waals surface area contributed by atoms with Crippen LogP contribution < -0.4 is 4.74 Å². The highest BCUT2D eigenvalue weighted by Crippen LogP contribution is 2.49. The van der Waals surface area contributed by atoms with Crippen LogP contribution in [-0.2, 0) is 11.3 Å². The van der Waals surface area contributed by atoms with Crippen molar-refractivity contribution in [3.05, 3.63) is 71.2 Å². The Morgan fingerprint density at radius 2 is 1.93 bits per heavy atom. The molecule has 27 heavy (non-hydrogen) atoms. The minimum absolute atomic E-state index is 0.201. The Morgan fingerprint density at radius 3 is 2.56 bits per heavy atom. The number of carbonyl (C=O) groups is 1. The molecule has 2 heterocycles. The van der Waals surface area contributed by atoms with E-state index in [-0.39, 0.29) is 17.2 Å². The molecule has 1 saturated heterocycles. The van der Waals surface area contributed by atoms with Gasteiger partial charge in [0.25, 0.3) is 0 Å². The number of likely N-dealkylation sites (tertiary alicyclic amines) is 1. The molecular formula is C23H26N2O2. The van der Waals surface area contributed by atoms with Crippen LogP contribution in [0.25, 0.3) is 5.57 Å². The molecule has 0 saturated carbocycles. The van der Waals surface area contributed by atoms with Crippen LogP contribution in [0.4, 0.5) is 0 Å². The number of rotatable bonds is 4. The van der Waals surface area contributed by atoms with Gasteiger partial charge in [-0.3, -0.25) is 4.79 Å². The van der Waals surface area contributed by atoms with E-state index in [4.69, 9.17) is 4.74 Å². The van der Waals surface area contributed by atoms with E-state index in [1.807, 2.05) is 29.2 Å². The lowest BCUT2D eigenvalue weighted by atomic mass is 9.76. The number of aromatic amines is 1. The van der Waals surface area contributed by atoms with Crippen LogP contribution in [0.5, 0.6) is 5.75 Å². The zero-order chi connectivity index (χ0) is 19.2. The standard InChI is InChI=1S/C23H26N2O2/c1-15-5-12-20(24-15)17-8-11-19-21(13-17)25(22(26)23(19,2)3)14-16-6-9-18(27-4)10-7-16/h5-10,12-13,19,24H,11,14H2,1-4H3. The number of carbonyl (C=O) groups excluding carboxylic acids is 1. The molecular weight excluding hydrogens is 336 g/mol. The molecule has 1 aromatic heterocycles. The van der Waals surface area contributed by atoms with Gasteiger partial charge in [0, 0.05) is 23.0 Å². The zero-order valence-corrected chi connectivity index (χ0v) is 16.4. The summed E-state index contributed by atoms with van der Waals surface area (Å²) in [5, 5.41) is 0. The third kappa shape index (κ3) is 2.99. The van der Waals surface area contributed by atoms with Crippen molar-refractivity contribution in [3.63, 3.8) is 0 Å². The Kier molecular flexibility index (Phi) is 4.22. The maximum Gasteiger partial charge on any atom is 0.233 e. The minimum Gasteiger partial charge on any atom is -0.497 e. The molecule has 0 bridgehead atoms. The molecule has 4 rings (SSSR count). The summed E-state index contributed by atoms with van der Waals surface area (Å²) in [6.07, 6.45) is 5.33. The van der Waals surface area contributed by atoms with E-state index in [9.17, 15) is 4.79 Å². The van der Waals surface area contributed by atoms with E-state index in [1.54, 1.807) is 7.11 Å². The number of fused-ring (bicyclic) bond motifs is 1. The molecule has 1 N–H and O–H groups in total. The Morgan fingerprint density at radius 1 is 1.19 bits per heavy atom. The first-order valence-electron chi connectivity index (χ1n) is 9.43. The Bertz CT molecular complexity index is 932. The highest BCUT2D eigenvalue weighted by Gasteiger charge is 2.50. The van der Waals surface area contributed by atoms with E-state index >= 15 is 0 Å². The average Bonchev–Trinajstić information content (AvgIpc) is 3.18. The Balaban J connectivity index is 1.67. The number of methoxy groups -OCH3 is 1. The van der Waals surface area contributed by atoms with Gasteiger partial charge in [0.15, 0.2) is 0 Å². The largest absolute Gasteiger partial charge is 0.497 e. The van der Waals surface area contributed by atoms with Crippen molar-refractivity contribution >= 4 is 11.5 Å². The fraction of sp³-hybridized carbons (Fsp3) is 0.348. The topological polar surface area (TPSA) is 45.3 Å². The molecule has 1 unspecified atom stereocenters. The van der Waals surface area contributed by atoms with Crippen LogP contribution in [0.15, 0.2) is 54.2 Å². The number of ether oxygens (including phenoxy) is 1. The highest BCUT2D eigenvalue weighted by atomic mass is 16.5. The molecule has 1 aliphatic carbocycles. The normalized spacial score (nSPS) is 21.0. The number of nitrogens with zero attached hydrogens (tertiary/aromatic N) is 1. The van der Waals surface area contributed by atoms with Gasteiger partial charge in [-0.2, -0.15) is 0 Å². The second-order valence-corrected chi connectivity index (χ2v) is 8.03. The lowest BCUT2D eigenvalue weighted by Gasteiger charge is -2.26. The lowest BCUT2D eigenvalue weighted by Crippen LogP contribution is -2.31. The molecule has 1 amide bonds. The summed E-state index contributed by atoms with van der Waals surface area (Å²) in [7, 11) is 1.66. The van der Waals surface area contributed by atoms with Crippen LogP contribution in [0, 0.1) is 18.3 Å². The third-order valence-corrected chi connectivity index (χ3v) is 5.86. The maximum absolute atomic E-state index is 13.2. The van der Waals surface area contributed by atoms with Crippen LogP contribution in [0.2, 0.25) is 0 Å². The van der Waals surface area contributed by atoms with E-state index in [0.29, 0.717) is 6.54 Å². The minimum atomic E-state index is -0.383. The lowest BCUT2D eigenvalue weighted by molar-refractivity contribution is -0.135. The molecule has 1 aromatic carbocycles. The number of hydrogen-bond donors (Lipinski definition) is 1. The van der Waals surface area contributed by atoms with Crippen molar-refractivity contribution in [3.8, 4) is 5.75 Å². The number of benzene rings is 1. The summed E-state index contributed by atoms with van der Waals surface area (Å²) in [6, 6.07) is 12.1. The number of amides is 1. The van der Waals surface area contributed by atoms with E-state index in [2.05, 4.69) is 50.0 Å². The van der Waals surface area contributed by atoms with Crippen LogP contribution in [0.1, 0.15) is 37.2 Å². The average molecular weight is 362 g/mol. The van der Waals surface area contributed by atoms with Crippen molar-refractivity contribution in [1.29, 1.82) is 0 Å². The first-order valence-corrected chi connectivity index (χ1v) is 9.43. The van der Waals surface area contributed by atoms with E-state index < -0.39 is 0 Å². The number of H-pyrrole nitrogens is 1. The van der Waals surface area contributed by atoms with Crippen LogP contribution in [0.3, 0.4) is 0 Å². The molecule has 0 radical (unpaired) electrons. The second-order valence-electron chi connectivity index (χ2n) is 8.03. The summed E-state index contributed by atoms with van der Waals surface area (Å²) in [5.74, 6) is 1.25. The molecule has 0 spiro atoms. The molecule has 2 aromatic rings. The number of hydrogen-bond acceptors (Lipinski definition) is 2. The summed E-state index contributed by atoms with van der Waals surface area (Å²) < 4.78 is 5.24. The van der Waals surface area contributed by atoms with E-state index in [0.717, 1.165) is 34.8 Å². The summed E-state index contributed by atoms with van der Waals surface area (Å²) >= 11 is 0. The van der Waals surface area contributed by atoms with Gasteiger partial charge in [-0.15, -0.1) is 0 Å². The van der Waals surface area contributed by atoms with Gasteiger partial charge in [0.05, 0.1) is 19.1 Å². The summed E-state index contributed by atoms with van der Waals surface area (Å²) in [4.78, 5) is 18.6. The van der Waals surface area contributed by atoms with Crippen molar-refractivity contribution in [2.45, 2.75) is 33.7 Å². The molecule has 2 aliphatic rings. The fourth-order valence-corrected chi connectivity index (χ4v) is 4.17. The Hall–Kier alpha value is -2.75. The van der Waals surface area contributed by atoms with Gasteiger partial charge in [-0.25, -0.2) is 0 Å². The first kappa shape index (κ1) is 17.7. The number of allylic oxidation sites excluding steroid dienone is 4. The van der Waals surface area contributed by atoms with Gasteiger partial charge >= 0.3 is 0 Å². The van der Waals surface area contributed by atoms with Crippen molar-refractivity contribution < 1.29 is 9.53 Å². The first-order chi connectivity index (χ1) is 12.9. The van der Waals surface area contributed by atoms with E-state index in [1.165, 1.54) is 5.57 Å². The molecule has 1 fully saturated rings. The van der Waals surface area contributed by atoms with Crippen molar-refractivity contribution in [2.75, 3.05) is 7.11 Å². The predicted molar refractivity (Wildman–Crippen MR) is 107 cm³/mol. The maximum atomic E-state index is 13.2. The molecule has 1 aliphatic heterocycles. The van der Waals surface area contributed by atoms with Gasteiger partial charge in [0.1, 0.15) is 5.75 Å². The van der Waals surface area contributed by atoms with Gasteiger partial charge < -0.3 is 14.6 Å². The highest BCUT2D eigenvalue weighted by molar-refractivity contribution is 5.90. The molecule has 4 nitrogen and oxygen atoms in total. The summed E-state index contributed by atoms with van der Waals surface area (Å²) in [5.41, 5.74) is 5.27. The number of nitrogens with one attached hydrogen (secondary N) is 1. The smallest absolute Gasteiger partial charge is 0.233 e. The SMILES string of the molecule is COc1ccc(CN2C(=O)C(C)(C)C3CC=C(c4ccc(C)[nH]4)C=C32)cc1. The number of aryl methyl sites for hydroxylation is 1. The van der Waals surface area contributed by atoms with Crippen LogP contribution in [-0.4, -0.2) is 22.9 Å². The number of aromatic nitrogens is 1. The van der Waals surface area contributed by atoms with Crippen molar-refractivity contribution in [2.24, 2.45) is 11.3 Å². The summed E-state index contributed by atoms with van der Waals surface area (Å²) in [6.45, 7) is 6.78. The quantitative estimate of drug-likeness (QED) is 0.858. The second kappa shape index (κ2) is 6.45.